The standard InChI is InChI=1S/C11H16ClNO/c1-7(2)14-11-5-4-9(12)6-10(11)8(3)13/h4-8H,13H2,1-3H3/t8-/m1/s1. The van der Waals surface area contributed by atoms with Crippen LogP contribution in [-0.4, -0.2) is 6.10 Å². The van der Waals surface area contributed by atoms with E-state index in [1.807, 2.05) is 39.0 Å². The summed E-state index contributed by atoms with van der Waals surface area (Å²) in [7, 11) is 0. The van der Waals surface area contributed by atoms with Gasteiger partial charge in [-0.15, -0.1) is 0 Å². The maximum absolute atomic E-state index is 5.89. The summed E-state index contributed by atoms with van der Waals surface area (Å²) in [5, 5.41) is 0.688. The zero-order chi connectivity index (χ0) is 10.7. The van der Waals surface area contributed by atoms with E-state index in [1.54, 1.807) is 0 Å². The number of halogens is 1. The third kappa shape index (κ3) is 2.89. The second-order valence-corrected chi connectivity index (χ2v) is 4.07. The van der Waals surface area contributed by atoms with Crippen molar-refractivity contribution in [3.63, 3.8) is 0 Å². The predicted octanol–water partition coefficient (Wildman–Crippen LogP) is 3.15. The highest BCUT2D eigenvalue weighted by Gasteiger charge is 2.09. The fraction of sp³-hybridized carbons (Fsp3) is 0.455. The first kappa shape index (κ1) is 11.3. The normalized spacial score (nSPS) is 13.0. The van der Waals surface area contributed by atoms with Crippen molar-refractivity contribution in [1.29, 1.82) is 0 Å². The fourth-order valence-corrected chi connectivity index (χ4v) is 1.42. The van der Waals surface area contributed by atoms with Gasteiger partial charge in [-0.05, 0) is 39.0 Å². The fourth-order valence-electron chi connectivity index (χ4n) is 1.24. The van der Waals surface area contributed by atoms with Gasteiger partial charge in [0.25, 0.3) is 0 Å². The monoisotopic (exact) mass is 213 g/mol. The van der Waals surface area contributed by atoms with E-state index in [9.17, 15) is 0 Å². The van der Waals surface area contributed by atoms with Crippen molar-refractivity contribution >= 4 is 11.6 Å². The summed E-state index contributed by atoms with van der Waals surface area (Å²) in [6, 6.07) is 5.46. The molecule has 0 aliphatic rings. The summed E-state index contributed by atoms with van der Waals surface area (Å²) in [6.45, 7) is 5.89. The molecule has 0 spiro atoms. The molecule has 0 aliphatic carbocycles. The van der Waals surface area contributed by atoms with E-state index in [0.717, 1.165) is 11.3 Å². The number of benzene rings is 1. The molecule has 0 aliphatic heterocycles. The van der Waals surface area contributed by atoms with Crippen molar-refractivity contribution in [2.75, 3.05) is 0 Å². The average Bonchev–Trinajstić information content (AvgIpc) is 2.07. The van der Waals surface area contributed by atoms with Crippen molar-refractivity contribution in [3.8, 4) is 5.75 Å². The van der Waals surface area contributed by atoms with E-state index in [0.29, 0.717) is 5.02 Å². The zero-order valence-corrected chi connectivity index (χ0v) is 9.51. The van der Waals surface area contributed by atoms with Gasteiger partial charge < -0.3 is 10.5 Å². The molecule has 1 aromatic carbocycles. The van der Waals surface area contributed by atoms with Gasteiger partial charge in [0.15, 0.2) is 0 Å². The lowest BCUT2D eigenvalue weighted by atomic mass is 10.1. The van der Waals surface area contributed by atoms with Gasteiger partial charge in [-0.25, -0.2) is 0 Å². The highest BCUT2D eigenvalue weighted by atomic mass is 35.5. The van der Waals surface area contributed by atoms with Crippen LogP contribution in [0.1, 0.15) is 32.4 Å². The van der Waals surface area contributed by atoms with Crippen molar-refractivity contribution in [1.82, 2.24) is 0 Å². The van der Waals surface area contributed by atoms with Gasteiger partial charge in [-0.1, -0.05) is 11.6 Å². The van der Waals surface area contributed by atoms with E-state index in [2.05, 4.69) is 0 Å². The number of hydrogen-bond donors (Lipinski definition) is 1. The topological polar surface area (TPSA) is 35.2 Å². The van der Waals surface area contributed by atoms with Crippen LogP contribution < -0.4 is 10.5 Å². The molecule has 0 aromatic heterocycles. The van der Waals surface area contributed by atoms with Crippen LogP contribution >= 0.6 is 11.6 Å². The van der Waals surface area contributed by atoms with Crippen molar-refractivity contribution in [2.24, 2.45) is 5.73 Å². The Bertz CT molecular complexity index is 310. The first-order valence-corrected chi connectivity index (χ1v) is 5.10. The average molecular weight is 214 g/mol. The van der Waals surface area contributed by atoms with Crippen molar-refractivity contribution in [3.05, 3.63) is 28.8 Å². The maximum atomic E-state index is 5.89. The van der Waals surface area contributed by atoms with Gasteiger partial charge in [0.05, 0.1) is 6.10 Å². The predicted molar refractivity (Wildman–Crippen MR) is 59.8 cm³/mol. The van der Waals surface area contributed by atoms with Gasteiger partial charge in [-0.3, -0.25) is 0 Å². The molecule has 1 aromatic rings. The zero-order valence-electron chi connectivity index (χ0n) is 8.75. The molecule has 2 nitrogen and oxygen atoms in total. The molecule has 0 unspecified atom stereocenters. The second kappa shape index (κ2) is 4.67. The summed E-state index contributed by atoms with van der Waals surface area (Å²) in [6.07, 6.45) is 0.147. The highest BCUT2D eigenvalue weighted by Crippen LogP contribution is 2.27. The lowest BCUT2D eigenvalue weighted by Gasteiger charge is -2.16. The summed E-state index contributed by atoms with van der Waals surface area (Å²) in [4.78, 5) is 0. The minimum atomic E-state index is -0.0672. The molecule has 14 heavy (non-hydrogen) atoms. The van der Waals surface area contributed by atoms with Crippen LogP contribution in [0.3, 0.4) is 0 Å². The van der Waals surface area contributed by atoms with Crippen LogP contribution in [0.2, 0.25) is 5.02 Å². The maximum Gasteiger partial charge on any atom is 0.124 e. The lowest BCUT2D eigenvalue weighted by molar-refractivity contribution is 0.239. The third-order valence-electron chi connectivity index (χ3n) is 1.83. The third-order valence-corrected chi connectivity index (χ3v) is 2.06. The minimum absolute atomic E-state index is 0.0672. The number of nitrogens with two attached hydrogens (primary N) is 1. The molecule has 1 atom stereocenters. The molecular weight excluding hydrogens is 198 g/mol. The molecule has 0 radical (unpaired) electrons. The van der Waals surface area contributed by atoms with Crippen molar-refractivity contribution in [2.45, 2.75) is 32.9 Å². The Kier molecular flexibility index (Phi) is 3.78. The van der Waals surface area contributed by atoms with Gasteiger partial charge in [-0.2, -0.15) is 0 Å². The summed E-state index contributed by atoms with van der Waals surface area (Å²) in [5.41, 5.74) is 6.77. The SMILES string of the molecule is CC(C)Oc1ccc(Cl)cc1[C@@H](C)N. The molecule has 0 saturated heterocycles. The Morgan fingerprint density at radius 1 is 1.29 bits per heavy atom. The molecular formula is C11H16ClNO. The Balaban J connectivity index is 3.02. The largest absolute Gasteiger partial charge is 0.491 e. The van der Waals surface area contributed by atoms with Crippen LogP contribution in [0.4, 0.5) is 0 Å². The Hall–Kier alpha value is -0.730. The molecule has 0 heterocycles. The second-order valence-electron chi connectivity index (χ2n) is 3.64. The molecule has 1 rings (SSSR count). The Morgan fingerprint density at radius 3 is 2.43 bits per heavy atom. The van der Waals surface area contributed by atoms with E-state index < -0.39 is 0 Å². The summed E-state index contributed by atoms with van der Waals surface area (Å²) in [5.74, 6) is 0.819. The first-order chi connectivity index (χ1) is 6.50. The van der Waals surface area contributed by atoms with Crippen molar-refractivity contribution < 1.29 is 4.74 Å². The van der Waals surface area contributed by atoms with Crippen LogP contribution in [0.15, 0.2) is 18.2 Å². The molecule has 0 fully saturated rings. The first-order valence-electron chi connectivity index (χ1n) is 4.72. The van der Waals surface area contributed by atoms with E-state index in [-0.39, 0.29) is 12.1 Å². The Morgan fingerprint density at radius 2 is 1.93 bits per heavy atom. The molecule has 78 valence electrons. The van der Waals surface area contributed by atoms with Crippen LogP contribution in [-0.2, 0) is 0 Å². The molecule has 0 bridgehead atoms. The van der Waals surface area contributed by atoms with Crippen LogP contribution in [0, 0.1) is 0 Å². The lowest BCUT2D eigenvalue weighted by Crippen LogP contribution is -2.12. The van der Waals surface area contributed by atoms with Gasteiger partial charge >= 0.3 is 0 Å². The number of ether oxygens (including phenoxy) is 1. The van der Waals surface area contributed by atoms with Crippen LogP contribution in [0.5, 0.6) is 5.75 Å². The van der Waals surface area contributed by atoms with E-state index in [1.165, 1.54) is 0 Å². The summed E-state index contributed by atoms with van der Waals surface area (Å²) < 4.78 is 5.62. The number of hydrogen-bond acceptors (Lipinski definition) is 2. The smallest absolute Gasteiger partial charge is 0.124 e. The van der Waals surface area contributed by atoms with E-state index >= 15 is 0 Å². The van der Waals surface area contributed by atoms with Gasteiger partial charge in [0.2, 0.25) is 0 Å². The van der Waals surface area contributed by atoms with E-state index in [4.69, 9.17) is 22.1 Å². The quantitative estimate of drug-likeness (QED) is 0.837. The molecule has 3 heteroatoms. The molecule has 0 amide bonds. The van der Waals surface area contributed by atoms with Crippen LogP contribution in [0.25, 0.3) is 0 Å². The van der Waals surface area contributed by atoms with Gasteiger partial charge in [0.1, 0.15) is 5.75 Å². The van der Waals surface area contributed by atoms with Gasteiger partial charge in [0, 0.05) is 16.6 Å². The molecule has 2 N–H and O–H groups in total. The molecule has 0 saturated carbocycles. The minimum Gasteiger partial charge on any atom is -0.491 e. The highest BCUT2D eigenvalue weighted by molar-refractivity contribution is 6.30. The Labute approximate surface area is 90.0 Å². The number of rotatable bonds is 3. The summed E-state index contributed by atoms with van der Waals surface area (Å²) >= 11 is 5.89.